The first-order valence-corrected chi connectivity index (χ1v) is 25.0. The number of nitrogens with one attached hydrogen (secondary N) is 6. The molecule has 1 aromatic heterocycles. The Labute approximate surface area is 455 Å². The number of carbonyl (C=O) groups is 7. The molecular weight excluding hydrogens is 1020 g/mol. The highest BCUT2D eigenvalue weighted by Gasteiger charge is 2.40. The van der Waals surface area contributed by atoms with Crippen LogP contribution in [0.1, 0.15) is 97.5 Å². The summed E-state index contributed by atoms with van der Waals surface area (Å²) in [5, 5.41) is 48.8. The van der Waals surface area contributed by atoms with Crippen LogP contribution in [0.15, 0.2) is 122 Å². The zero-order valence-electron chi connectivity index (χ0n) is 45.2. The molecular formula is C55H66N10O14. The lowest BCUT2D eigenvalue weighted by Crippen LogP contribution is -2.62. The van der Waals surface area contributed by atoms with Crippen molar-refractivity contribution < 1.29 is 58.0 Å². The minimum atomic E-state index is -1.91. The Kier molecular flexibility index (Phi) is 19.9. The minimum Gasteiger partial charge on any atom is -0.480 e. The average Bonchev–Trinajstić information content (AvgIpc) is 3.88. The van der Waals surface area contributed by atoms with Crippen molar-refractivity contribution in [3.8, 4) is 5.69 Å². The molecule has 4 atom stereocenters. The van der Waals surface area contributed by atoms with Crippen molar-refractivity contribution in [2.75, 3.05) is 6.54 Å². The molecule has 0 fully saturated rings. The van der Waals surface area contributed by atoms with E-state index in [4.69, 9.17) is 9.47 Å². The van der Waals surface area contributed by atoms with Crippen molar-refractivity contribution in [1.82, 2.24) is 41.5 Å². The van der Waals surface area contributed by atoms with Gasteiger partial charge in [0.1, 0.15) is 34.4 Å². The highest BCUT2D eigenvalue weighted by Crippen LogP contribution is 2.37. The van der Waals surface area contributed by atoms with Crippen LogP contribution < -0.4 is 31.9 Å². The third-order valence-electron chi connectivity index (χ3n) is 11.9. The van der Waals surface area contributed by atoms with Crippen LogP contribution in [0.2, 0.25) is 0 Å². The summed E-state index contributed by atoms with van der Waals surface area (Å²) < 4.78 is 12.4. The van der Waals surface area contributed by atoms with E-state index in [9.17, 15) is 58.9 Å². The molecule has 79 heavy (non-hydrogen) atoms. The lowest BCUT2D eigenvalue weighted by Gasteiger charge is -2.37. The van der Waals surface area contributed by atoms with Crippen molar-refractivity contribution in [2.24, 2.45) is 0 Å². The number of ether oxygens (including phenoxy) is 2. The second-order valence-corrected chi connectivity index (χ2v) is 21.0. The van der Waals surface area contributed by atoms with Gasteiger partial charge < -0.3 is 46.5 Å². The first-order valence-electron chi connectivity index (χ1n) is 25.0. The number of non-ortho nitro benzene ring substituents is 1. The van der Waals surface area contributed by atoms with E-state index in [-0.39, 0.29) is 24.2 Å². The molecule has 24 nitrogen and oxygen atoms in total. The Hall–Kier alpha value is -9.06. The van der Waals surface area contributed by atoms with Crippen LogP contribution in [0.25, 0.3) is 5.69 Å². The number of amides is 6. The molecule has 420 valence electrons. The van der Waals surface area contributed by atoms with E-state index in [1.807, 2.05) is 91.0 Å². The minimum absolute atomic E-state index is 0.0897. The summed E-state index contributed by atoms with van der Waals surface area (Å²) in [6.45, 7) is 13.2. The van der Waals surface area contributed by atoms with Crippen molar-refractivity contribution in [3.05, 3.63) is 164 Å². The monoisotopic (exact) mass is 1090 g/mol. The predicted molar refractivity (Wildman–Crippen MR) is 287 cm³/mol. The topological polar surface area (TPSA) is 334 Å². The molecule has 6 amide bonds. The van der Waals surface area contributed by atoms with Gasteiger partial charge in [0.05, 0.1) is 46.2 Å². The van der Waals surface area contributed by atoms with Gasteiger partial charge in [-0.15, -0.1) is 0 Å². The van der Waals surface area contributed by atoms with Crippen molar-refractivity contribution >= 4 is 53.0 Å². The van der Waals surface area contributed by atoms with Gasteiger partial charge in [0.2, 0.25) is 29.5 Å². The summed E-state index contributed by atoms with van der Waals surface area (Å²) >= 11 is 0. The maximum absolute atomic E-state index is 14.5. The van der Waals surface area contributed by atoms with Gasteiger partial charge in [-0.3, -0.25) is 48.8 Å². The largest absolute Gasteiger partial charge is 0.480 e. The fraction of sp³-hybridized carbons (Fsp3) is 0.382. The third-order valence-corrected chi connectivity index (χ3v) is 11.9. The van der Waals surface area contributed by atoms with Crippen LogP contribution in [0.3, 0.4) is 0 Å². The fourth-order valence-corrected chi connectivity index (χ4v) is 8.37. The Morgan fingerprint density at radius 1 is 0.684 bits per heavy atom. The second-order valence-electron chi connectivity index (χ2n) is 21.0. The van der Waals surface area contributed by atoms with Crippen LogP contribution in [0.4, 0.5) is 16.2 Å². The maximum atomic E-state index is 14.5. The molecule has 0 saturated carbocycles. The third kappa shape index (κ3) is 17.0. The first-order chi connectivity index (χ1) is 37.0. The van der Waals surface area contributed by atoms with Crippen LogP contribution >= 0.6 is 0 Å². The number of hydrogen-bond donors (Lipinski definition) is 7. The zero-order valence-corrected chi connectivity index (χ0v) is 45.2. The van der Waals surface area contributed by atoms with E-state index in [0.29, 0.717) is 16.7 Å². The SMILES string of the molecule is C[C@@H](OC(C)(C)C)[C@H](NC(=O)CNC(=O)[C@H](CCC(=O)NC(c1ccccc1)(c1ccccc1)c1ccccc1)NC(=O)C(C)(C)NC(=O)[C@H](Cc1cn(-c2ccc([N+](=O)[O-])cc2[N+](=O)[O-])cn1)NC(=O)OC(C)(C)C)C(=O)O. The lowest BCUT2D eigenvalue weighted by molar-refractivity contribution is -0.394. The highest BCUT2D eigenvalue weighted by molar-refractivity contribution is 5.97. The number of aliphatic carboxylic acids is 1. The molecule has 0 radical (unpaired) electrons. The van der Waals surface area contributed by atoms with E-state index in [1.165, 1.54) is 31.5 Å². The number of nitro groups is 2. The molecule has 4 aromatic carbocycles. The molecule has 0 aliphatic carbocycles. The Balaban J connectivity index is 1.43. The van der Waals surface area contributed by atoms with Gasteiger partial charge in [0, 0.05) is 25.1 Å². The molecule has 0 aliphatic rings. The van der Waals surface area contributed by atoms with E-state index in [2.05, 4.69) is 36.9 Å². The molecule has 0 unspecified atom stereocenters. The van der Waals surface area contributed by atoms with Crippen LogP contribution in [0, 0.1) is 20.2 Å². The summed E-state index contributed by atoms with van der Waals surface area (Å²) in [7, 11) is 0. The van der Waals surface area contributed by atoms with Gasteiger partial charge in [-0.05, 0) is 91.5 Å². The van der Waals surface area contributed by atoms with Crippen molar-refractivity contribution in [1.29, 1.82) is 0 Å². The number of aromatic nitrogens is 2. The summed E-state index contributed by atoms with van der Waals surface area (Å²) in [5.74, 6) is -5.77. The van der Waals surface area contributed by atoms with Gasteiger partial charge in [0.15, 0.2) is 6.04 Å². The molecule has 5 rings (SSSR count). The summed E-state index contributed by atoms with van der Waals surface area (Å²) in [6.07, 6.45) is -0.746. The molecule has 0 aliphatic heterocycles. The summed E-state index contributed by atoms with van der Waals surface area (Å²) in [5.41, 5.74) is -4.02. The molecule has 0 bridgehead atoms. The number of carboxylic acid groups (broad SMARTS) is 1. The Morgan fingerprint density at radius 2 is 1.24 bits per heavy atom. The maximum Gasteiger partial charge on any atom is 0.408 e. The fourth-order valence-electron chi connectivity index (χ4n) is 8.37. The average molecular weight is 1090 g/mol. The number of alkyl carbamates (subject to hydrolysis) is 1. The van der Waals surface area contributed by atoms with Crippen LogP contribution in [-0.2, 0) is 50.2 Å². The smallest absolute Gasteiger partial charge is 0.408 e. The number of carboxylic acids is 1. The Bertz CT molecular complexity index is 2910. The molecule has 0 saturated heterocycles. The number of imidazole rings is 1. The van der Waals surface area contributed by atoms with Gasteiger partial charge in [-0.2, -0.15) is 0 Å². The van der Waals surface area contributed by atoms with E-state index in [1.54, 1.807) is 41.5 Å². The number of nitro benzene ring substituents is 2. The van der Waals surface area contributed by atoms with E-state index < -0.39 is 122 Å². The molecule has 24 heteroatoms. The molecule has 5 aromatic rings. The summed E-state index contributed by atoms with van der Waals surface area (Å²) in [4.78, 5) is 122. The number of nitrogens with zero attached hydrogens (tertiary/aromatic N) is 4. The van der Waals surface area contributed by atoms with Gasteiger partial charge in [-0.25, -0.2) is 14.6 Å². The van der Waals surface area contributed by atoms with Crippen molar-refractivity contribution in [3.63, 3.8) is 0 Å². The highest BCUT2D eigenvalue weighted by atomic mass is 16.6. The summed E-state index contributed by atoms with van der Waals surface area (Å²) in [6, 6.07) is 26.0. The first kappa shape index (κ1) is 60.8. The van der Waals surface area contributed by atoms with E-state index in [0.717, 1.165) is 24.5 Å². The second kappa shape index (κ2) is 25.9. The molecule has 1 heterocycles. The quantitative estimate of drug-likeness (QED) is 0.0235. The van der Waals surface area contributed by atoms with Crippen LogP contribution in [0.5, 0.6) is 0 Å². The number of benzene rings is 4. The van der Waals surface area contributed by atoms with Crippen LogP contribution in [-0.4, -0.2) is 114 Å². The number of hydrogen-bond acceptors (Lipinski definition) is 14. The van der Waals surface area contributed by atoms with E-state index >= 15 is 0 Å². The van der Waals surface area contributed by atoms with Gasteiger partial charge in [0.25, 0.3) is 11.4 Å². The molecule has 7 N–H and O–H groups in total. The lowest BCUT2D eigenvalue weighted by atomic mass is 9.77. The number of rotatable bonds is 24. The van der Waals surface area contributed by atoms with Crippen molar-refractivity contribution in [2.45, 2.75) is 128 Å². The number of carbonyl (C=O) groups excluding carboxylic acids is 6. The predicted octanol–water partition coefficient (Wildman–Crippen LogP) is 5.28. The van der Waals surface area contributed by atoms with Gasteiger partial charge >= 0.3 is 12.1 Å². The standard InChI is InChI=1S/C55H66N10O14/c1-34(78-52(2,3)4)46(49(70)71)60-45(67)31-56-47(68)40(26-28-44(66)61-55(35-19-13-10-14-20-35,36-21-15-11-16-22-36)37-23-17-12-18-24-37)58-50(72)54(8,9)62-48(69)41(59-51(73)79-53(5,6)7)29-38-32-63(33-57-38)42-27-25-39(64(74)75)30-43(42)65(76)77/h10-25,27,30,32-34,40-41,46H,26,28-29,31H2,1-9H3,(H,56,68)(H,58,72)(H,59,73)(H,60,67)(H,61,66)(H,62,69)(H,70,71)/t34-,40+,41+,46+/m1/s1. The Morgan fingerprint density at radius 3 is 1.73 bits per heavy atom. The molecule has 0 spiro atoms. The zero-order chi connectivity index (χ0) is 58.5. The van der Waals surface area contributed by atoms with Gasteiger partial charge in [-0.1, -0.05) is 91.0 Å². The normalized spacial score (nSPS) is 13.3.